The molecule has 0 aliphatic carbocycles. The van der Waals surface area contributed by atoms with Crippen molar-refractivity contribution in [3.05, 3.63) is 179 Å². The van der Waals surface area contributed by atoms with Gasteiger partial charge in [-0.05, 0) is 106 Å². The first-order valence-corrected chi connectivity index (χ1v) is 39.4. The molecule has 0 spiro atoms. The number of halogens is 2. The number of carbonyl (C=O) groups excluding carboxylic acids is 3. The van der Waals surface area contributed by atoms with Crippen molar-refractivity contribution in [1.82, 2.24) is 15.0 Å². The molecule has 41 heteroatoms. The van der Waals surface area contributed by atoms with Gasteiger partial charge in [-0.25, -0.2) is 23.2 Å². The van der Waals surface area contributed by atoms with E-state index in [0.717, 1.165) is 25.7 Å². The van der Waals surface area contributed by atoms with E-state index >= 15 is 0 Å². The molecule has 3 aliphatic heterocycles. The number of aliphatic hydroxyl groups is 3. The SMILES string of the molecule is CC(C)OC(=O)Oc1ccccc1C1OP(=O)(O)C(O)(Cc2cccnc2)P(=O)(O)O1.CCCCCCC(C)OC(=O)Oc1cc(F)c(C2OP(=O)(O)C(O)(Cc3cccnc3)P(=O)(O)O2)c(F)c1.CCOC(=O)Oc1cc(C)ccc1C1OP(=O)(O)C(O)(Cc2cccnc2)P(=O)(O)O1. The molecule has 3 aromatic heterocycles. The van der Waals surface area contributed by atoms with Crippen LogP contribution in [0.5, 0.6) is 17.2 Å². The highest BCUT2D eigenvalue weighted by Gasteiger charge is 2.70. The Bertz CT molecular complexity index is 4070. The molecule has 0 amide bonds. The van der Waals surface area contributed by atoms with Crippen molar-refractivity contribution in [1.29, 1.82) is 0 Å². The van der Waals surface area contributed by atoms with Gasteiger partial charge in [0.05, 0.1) is 29.4 Å². The van der Waals surface area contributed by atoms with E-state index in [1.807, 2.05) is 0 Å². The van der Waals surface area contributed by atoms with Crippen LogP contribution in [-0.2, 0) is 88.0 Å². The molecule has 3 aliphatic rings. The average molecular weight is 1530 g/mol. The van der Waals surface area contributed by atoms with Crippen molar-refractivity contribution in [2.24, 2.45) is 0 Å². The summed E-state index contributed by atoms with van der Waals surface area (Å²) in [7, 11) is -31.6. The lowest BCUT2D eigenvalue weighted by atomic mass is 10.1. The van der Waals surface area contributed by atoms with Crippen LogP contribution in [0.15, 0.2) is 128 Å². The third-order valence-corrected chi connectivity index (χ3v) is 28.3. The van der Waals surface area contributed by atoms with Gasteiger partial charge in [0.1, 0.15) is 35.0 Å². The molecule has 546 valence electrons. The van der Waals surface area contributed by atoms with Crippen molar-refractivity contribution in [2.75, 3.05) is 6.61 Å². The summed E-state index contributed by atoms with van der Waals surface area (Å²) in [5, 5.41) is 22.6. The normalized spacial score (nSPS) is 29.6. The number of carbonyl (C=O) groups is 3. The maximum Gasteiger partial charge on any atom is 0.514 e. The van der Waals surface area contributed by atoms with Crippen LogP contribution in [0.3, 0.4) is 0 Å². The Labute approximate surface area is 569 Å². The van der Waals surface area contributed by atoms with Crippen LogP contribution in [0.25, 0.3) is 0 Å². The Hall–Kier alpha value is -6.44. The van der Waals surface area contributed by atoms with Gasteiger partial charge in [-0.15, -0.1) is 0 Å². The topological polar surface area (TPSA) is 485 Å². The molecule has 0 saturated carbocycles. The first kappa shape index (κ1) is 80.9. The fourth-order valence-electron chi connectivity index (χ4n) is 9.37. The first-order valence-electron chi connectivity index (χ1n) is 29.9. The number of pyridine rings is 3. The fourth-order valence-corrected chi connectivity index (χ4v) is 20.0. The molecular weight excluding hydrogens is 1450 g/mol. The van der Waals surface area contributed by atoms with Crippen molar-refractivity contribution in [3.8, 4) is 17.2 Å². The van der Waals surface area contributed by atoms with Crippen LogP contribution in [0.1, 0.15) is 125 Å². The predicted octanol–water partition coefficient (Wildman–Crippen LogP) is 12.1. The number of hydrogen-bond acceptors (Lipinski definition) is 27. The highest BCUT2D eigenvalue weighted by atomic mass is 31.3. The molecule has 6 aromatic rings. The lowest BCUT2D eigenvalue weighted by Crippen LogP contribution is -2.38. The Morgan fingerprint density at radius 1 is 0.510 bits per heavy atom. The molecule has 3 fully saturated rings. The van der Waals surface area contributed by atoms with Crippen molar-refractivity contribution in [2.45, 2.75) is 139 Å². The van der Waals surface area contributed by atoms with Crippen LogP contribution in [-0.4, -0.2) is 112 Å². The third-order valence-electron chi connectivity index (χ3n) is 14.5. The zero-order chi connectivity index (χ0) is 73.9. The molecule has 0 radical (unpaired) electrons. The van der Waals surface area contributed by atoms with Crippen LogP contribution in [0.4, 0.5) is 23.2 Å². The standard InChI is InChI=1S/C23H29F2NO10P2.2C18H21NO10P2/c1-3-4-5-6-8-15(2)33-22(27)34-17-11-18(24)20(19(25)12-17)21-35-37(29,30)23(28,38(31,32)36-21)13-16-9-7-10-26-14-16;1-12(2)26-17(20)27-15-8-4-3-7-14(15)16-28-30(22,23)18(21,31(24,25)29-16)10-13-6-5-9-19-11-13;1-3-26-17(20)27-15-9-12(2)6-7-14(15)16-28-30(22,23)18(21,31(24,25)29-16)10-13-5-4-8-19-11-13/h7,9-12,14-15,21,28H,3-6,8,13H2,1-2H3,(H,29,30)(H,31,32);3-9,11-12,16,21H,10H2,1-2H3,(H,22,23)(H,24,25);4-9,11,16,21H,3,10H2,1-2H3,(H,22,23)(H,24,25). The largest absolute Gasteiger partial charge is 0.514 e. The van der Waals surface area contributed by atoms with Crippen LogP contribution < -0.4 is 14.2 Å². The second-order valence-electron chi connectivity index (χ2n) is 22.5. The molecule has 6 heterocycles. The van der Waals surface area contributed by atoms with Crippen molar-refractivity contribution < 1.29 is 151 Å². The number of unbranched alkanes of at least 4 members (excludes halogenated alkanes) is 3. The minimum atomic E-state index is -5.47. The Morgan fingerprint density at radius 3 is 1.33 bits per heavy atom. The average Bonchev–Trinajstić information content (AvgIpc) is 0.738. The zero-order valence-corrected chi connectivity index (χ0v) is 59.1. The van der Waals surface area contributed by atoms with Gasteiger partial charge in [0, 0.05) is 68.6 Å². The predicted molar refractivity (Wildman–Crippen MR) is 342 cm³/mol. The fraction of sp³-hybridized carbons (Fsp3) is 0.390. The second kappa shape index (κ2) is 33.3. The van der Waals surface area contributed by atoms with Crippen molar-refractivity contribution >= 4 is 64.0 Å². The van der Waals surface area contributed by atoms with E-state index in [1.165, 1.54) is 110 Å². The summed E-state index contributed by atoms with van der Waals surface area (Å²) in [6.07, 6.45) is -0.553. The number of para-hydroxylation sites is 1. The maximum atomic E-state index is 14.8. The summed E-state index contributed by atoms with van der Waals surface area (Å²) >= 11 is 0. The van der Waals surface area contributed by atoms with Gasteiger partial charge in [-0.2, -0.15) is 0 Å². The number of rotatable bonds is 20. The summed E-state index contributed by atoms with van der Waals surface area (Å²) < 4.78 is 166. The quantitative estimate of drug-likeness (QED) is 0.0113. The van der Waals surface area contributed by atoms with Gasteiger partial charge in [0.15, 0.2) is 0 Å². The van der Waals surface area contributed by atoms with Gasteiger partial charge in [-0.3, -0.25) is 69.5 Å². The van der Waals surface area contributed by atoms with E-state index in [-0.39, 0.29) is 45.9 Å². The summed E-state index contributed by atoms with van der Waals surface area (Å²) in [6, 6.07) is 19.5. The first-order chi connectivity index (χ1) is 46.7. The van der Waals surface area contributed by atoms with Gasteiger partial charge in [0.25, 0.3) is 15.2 Å². The summed E-state index contributed by atoms with van der Waals surface area (Å²) in [5.74, 6) is -3.92. The van der Waals surface area contributed by atoms with Crippen LogP contribution in [0.2, 0.25) is 0 Å². The summed E-state index contributed by atoms with van der Waals surface area (Å²) in [4.78, 5) is 109. The third kappa shape index (κ3) is 19.2. The molecule has 7 unspecified atom stereocenters. The Morgan fingerprint density at radius 2 is 0.920 bits per heavy atom. The molecule has 7 atom stereocenters. The summed E-state index contributed by atoms with van der Waals surface area (Å²) in [6.45, 7) is 10.2. The highest BCUT2D eigenvalue weighted by molar-refractivity contribution is 7.74. The monoisotopic (exact) mass is 1530 g/mol. The van der Waals surface area contributed by atoms with Crippen molar-refractivity contribution in [3.63, 3.8) is 0 Å². The Kier molecular flexibility index (Phi) is 27.0. The Balaban J connectivity index is 0.000000212. The van der Waals surface area contributed by atoms with Gasteiger partial charge in [0.2, 0.25) is 18.9 Å². The lowest BCUT2D eigenvalue weighted by molar-refractivity contribution is -0.0618. The van der Waals surface area contributed by atoms with E-state index in [0.29, 0.717) is 24.1 Å². The van der Waals surface area contributed by atoms with E-state index < -0.39 is 153 Å². The smallest absolute Gasteiger partial charge is 0.434 e. The summed E-state index contributed by atoms with van der Waals surface area (Å²) in [5.41, 5.74) is -0.250. The molecule has 3 aromatic carbocycles. The zero-order valence-electron chi connectivity index (χ0n) is 53.8. The lowest BCUT2D eigenvalue weighted by Gasteiger charge is -2.41. The van der Waals surface area contributed by atoms with Gasteiger partial charge < -0.3 is 73.1 Å². The number of benzene rings is 3. The van der Waals surface area contributed by atoms with E-state index in [9.17, 15) is 95.2 Å². The maximum absolute atomic E-state index is 14.8. The minimum Gasteiger partial charge on any atom is -0.434 e. The second-order valence-corrected chi connectivity index (χ2v) is 35.5. The van der Waals surface area contributed by atoms with E-state index in [4.69, 9.17) is 55.6 Å². The number of aromatic nitrogens is 3. The van der Waals surface area contributed by atoms with E-state index in [2.05, 4.69) is 21.9 Å². The minimum absolute atomic E-state index is 0.0372. The number of nitrogens with zero attached hydrogens (tertiary/aromatic N) is 3. The molecule has 100 heavy (non-hydrogen) atoms. The number of hydrogen-bond donors (Lipinski definition) is 9. The van der Waals surface area contributed by atoms with Crippen LogP contribution in [0, 0.1) is 18.6 Å². The van der Waals surface area contributed by atoms with E-state index in [1.54, 1.807) is 40.7 Å². The van der Waals surface area contributed by atoms with Gasteiger partial charge in [-0.1, -0.05) is 68.7 Å². The molecule has 0 bridgehead atoms. The highest BCUT2D eigenvalue weighted by Crippen LogP contribution is 2.81. The van der Waals surface area contributed by atoms with Crippen LogP contribution >= 0.6 is 45.6 Å². The molecule has 9 N–H and O–H groups in total. The molecule has 33 nitrogen and oxygen atoms in total. The molecule has 9 rings (SSSR count). The van der Waals surface area contributed by atoms with Gasteiger partial charge >= 0.3 is 64.0 Å². The number of ether oxygens (including phenoxy) is 6. The molecular formula is C59H71F2N3O30P6. The molecule has 3 saturated heterocycles. The number of aryl methyl sites for hydroxylation is 1.